The maximum absolute atomic E-state index is 12.3. The Kier molecular flexibility index (Phi) is 8.16. The number of hydrogen-bond donors (Lipinski definition) is 1. The van der Waals surface area contributed by atoms with Crippen LogP contribution in [0.3, 0.4) is 0 Å². The first kappa shape index (κ1) is 21.1. The maximum Gasteiger partial charge on any atom is 0.331 e. The van der Waals surface area contributed by atoms with Gasteiger partial charge in [-0.15, -0.1) is 0 Å². The number of allylic oxidation sites excluding steroid dienone is 3. The van der Waals surface area contributed by atoms with Crippen LogP contribution in [0.4, 0.5) is 4.79 Å². The molecule has 3 amide bonds. The number of esters is 1. The van der Waals surface area contributed by atoms with E-state index >= 15 is 0 Å². The monoisotopic (exact) mass is 401 g/mol. The van der Waals surface area contributed by atoms with E-state index in [-0.39, 0.29) is 13.1 Å². The molecule has 1 saturated heterocycles. The van der Waals surface area contributed by atoms with Gasteiger partial charge in [0.2, 0.25) is 0 Å². The number of ether oxygens (including phenoxy) is 1. The number of rotatable bonds is 8. The number of thioether (sulfide) groups is 1. The van der Waals surface area contributed by atoms with Crippen LogP contribution < -0.4 is 5.32 Å². The number of nitrogens with zero attached hydrogens (tertiary/aromatic N) is 2. The molecule has 2 rings (SSSR count). The van der Waals surface area contributed by atoms with Crippen molar-refractivity contribution in [2.45, 2.75) is 6.92 Å². The van der Waals surface area contributed by atoms with Crippen LogP contribution in [0.25, 0.3) is 6.08 Å². The fraction of sp³-hybridized carbons (Fsp3) is 0.211. The number of aromatic nitrogens is 1. The average Bonchev–Trinajstić information content (AvgIpc) is 2.94. The number of carbonyl (C=O) groups excluding carboxylic acids is 4. The lowest BCUT2D eigenvalue weighted by Crippen LogP contribution is -2.38. The molecule has 0 saturated carbocycles. The molecule has 146 valence electrons. The fourth-order valence-corrected chi connectivity index (χ4v) is 2.96. The Balaban J connectivity index is 1.77. The molecule has 1 aliphatic heterocycles. The van der Waals surface area contributed by atoms with Crippen molar-refractivity contribution in [2.75, 3.05) is 19.7 Å². The first-order valence-electron chi connectivity index (χ1n) is 8.39. The van der Waals surface area contributed by atoms with Crippen LogP contribution in [-0.4, -0.2) is 52.6 Å². The molecule has 0 radical (unpaired) electrons. The minimum atomic E-state index is -0.639. The highest BCUT2D eigenvalue weighted by molar-refractivity contribution is 8.18. The molecular formula is C19H19N3O5S. The Hall–Kier alpha value is -3.20. The van der Waals surface area contributed by atoms with Gasteiger partial charge >= 0.3 is 5.97 Å². The zero-order valence-corrected chi connectivity index (χ0v) is 16.0. The van der Waals surface area contributed by atoms with Crippen molar-refractivity contribution in [3.05, 3.63) is 59.3 Å². The predicted molar refractivity (Wildman–Crippen MR) is 105 cm³/mol. The molecular weight excluding hydrogens is 382 g/mol. The summed E-state index contributed by atoms with van der Waals surface area (Å²) >= 11 is 0.835. The first-order valence-corrected chi connectivity index (χ1v) is 9.21. The second-order valence-corrected chi connectivity index (χ2v) is 6.46. The van der Waals surface area contributed by atoms with Crippen LogP contribution in [0.5, 0.6) is 0 Å². The molecule has 9 heteroatoms. The lowest BCUT2D eigenvalue weighted by atomic mass is 10.2. The molecule has 28 heavy (non-hydrogen) atoms. The van der Waals surface area contributed by atoms with Gasteiger partial charge in [0, 0.05) is 31.6 Å². The van der Waals surface area contributed by atoms with Gasteiger partial charge < -0.3 is 10.1 Å². The van der Waals surface area contributed by atoms with Crippen molar-refractivity contribution in [1.82, 2.24) is 15.2 Å². The third-order valence-electron chi connectivity index (χ3n) is 3.39. The number of amides is 3. The van der Waals surface area contributed by atoms with Gasteiger partial charge in [-0.3, -0.25) is 24.3 Å². The number of nitrogens with one attached hydrogen (secondary N) is 1. The third kappa shape index (κ3) is 6.51. The highest BCUT2D eigenvalue weighted by Crippen LogP contribution is 2.31. The summed E-state index contributed by atoms with van der Waals surface area (Å²) in [5.74, 6) is -1.58. The third-order valence-corrected chi connectivity index (χ3v) is 4.30. The second kappa shape index (κ2) is 10.8. The normalized spacial score (nSPS) is 15.8. The van der Waals surface area contributed by atoms with Gasteiger partial charge in [0.05, 0.1) is 4.91 Å². The van der Waals surface area contributed by atoms with Crippen LogP contribution >= 0.6 is 11.8 Å². The molecule has 1 N–H and O–H groups in total. The van der Waals surface area contributed by atoms with Gasteiger partial charge in [-0.1, -0.05) is 24.3 Å². The lowest BCUT2D eigenvalue weighted by Gasteiger charge is -2.12. The average molecular weight is 401 g/mol. The molecule has 1 aliphatic rings. The van der Waals surface area contributed by atoms with Crippen LogP contribution in [0.15, 0.2) is 53.7 Å². The van der Waals surface area contributed by atoms with Gasteiger partial charge in [-0.2, -0.15) is 0 Å². The molecule has 0 aromatic carbocycles. The van der Waals surface area contributed by atoms with Gasteiger partial charge in [-0.05, 0) is 36.4 Å². The molecule has 8 nitrogen and oxygen atoms in total. The van der Waals surface area contributed by atoms with E-state index in [0.29, 0.717) is 10.5 Å². The Labute approximate surface area is 166 Å². The number of imide groups is 1. The van der Waals surface area contributed by atoms with Crippen molar-refractivity contribution in [2.24, 2.45) is 0 Å². The van der Waals surface area contributed by atoms with Crippen molar-refractivity contribution in [3.63, 3.8) is 0 Å². The molecule has 0 spiro atoms. The van der Waals surface area contributed by atoms with E-state index in [9.17, 15) is 19.2 Å². The van der Waals surface area contributed by atoms with E-state index in [4.69, 9.17) is 4.74 Å². The second-order valence-electron chi connectivity index (χ2n) is 5.46. The van der Waals surface area contributed by atoms with E-state index in [1.165, 1.54) is 12.2 Å². The number of pyridine rings is 1. The highest BCUT2D eigenvalue weighted by Gasteiger charge is 2.34. The van der Waals surface area contributed by atoms with Crippen LogP contribution in [-0.2, 0) is 19.1 Å². The smallest absolute Gasteiger partial charge is 0.331 e. The van der Waals surface area contributed by atoms with E-state index in [1.807, 2.05) is 0 Å². The van der Waals surface area contributed by atoms with Gasteiger partial charge in [0.1, 0.15) is 0 Å². The summed E-state index contributed by atoms with van der Waals surface area (Å²) in [7, 11) is 0. The fourth-order valence-electron chi connectivity index (χ4n) is 2.09. The van der Waals surface area contributed by atoms with Crippen LogP contribution in [0.2, 0.25) is 0 Å². The zero-order chi connectivity index (χ0) is 20.4. The molecule has 1 fully saturated rings. The summed E-state index contributed by atoms with van der Waals surface area (Å²) in [5, 5.41) is 2.09. The predicted octanol–water partition coefficient (Wildman–Crippen LogP) is 1.91. The van der Waals surface area contributed by atoms with Crippen molar-refractivity contribution in [1.29, 1.82) is 0 Å². The molecule has 1 aromatic rings. The van der Waals surface area contributed by atoms with Crippen LogP contribution in [0.1, 0.15) is 12.5 Å². The first-order chi connectivity index (χ1) is 13.5. The Morgan fingerprint density at radius 2 is 2.14 bits per heavy atom. The Morgan fingerprint density at radius 3 is 2.86 bits per heavy atom. The molecule has 0 atom stereocenters. The maximum atomic E-state index is 12.3. The van der Waals surface area contributed by atoms with Gasteiger partial charge in [0.25, 0.3) is 17.1 Å². The highest BCUT2D eigenvalue weighted by atomic mass is 32.2. The topological polar surface area (TPSA) is 106 Å². The van der Waals surface area contributed by atoms with Crippen LogP contribution in [0, 0.1) is 0 Å². The summed E-state index contributed by atoms with van der Waals surface area (Å²) in [6.45, 7) is 1.44. The molecule has 0 bridgehead atoms. The summed E-state index contributed by atoms with van der Waals surface area (Å²) < 4.78 is 4.76. The molecule has 0 aliphatic carbocycles. The van der Waals surface area contributed by atoms with Gasteiger partial charge in [-0.25, -0.2) is 4.79 Å². The minimum absolute atomic E-state index is 0.0237. The Bertz CT molecular complexity index is 833. The van der Waals surface area contributed by atoms with E-state index < -0.39 is 29.6 Å². The van der Waals surface area contributed by atoms with E-state index in [1.54, 1.807) is 49.7 Å². The van der Waals surface area contributed by atoms with E-state index in [0.717, 1.165) is 16.7 Å². The number of hydrogen-bond acceptors (Lipinski definition) is 7. The zero-order valence-electron chi connectivity index (χ0n) is 15.2. The molecule has 1 aromatic heterocycles. The number of carbonyl (C=O) groups is 4. The SMILES string of the molecule is C/C=C/C=C/C(=O)OCC(=O)NCCN1C(=O)S/C(=C\c2cccnc2)C1=O. The standard InChI is InChI=1S/C19H19N3O5S/c1-2-3-4-7-17(24)27-13-16(23)21-9-10-22-18(25)15(28-19(22)26)11-14-6-5-8-20-12-14/h2-8,11-12H,9-10,13H2,1H3,(H,21,23)/b3-2+,7-4+,15-11-. The largest absolute Gasteiger partial charge is 0.452 e. The lowest BCUT2D eigenvalue weighted by molar-refractivity contribution is -0.143. The molecule has 0 unspecified atom stereocenters. The van der Waals surface area contributed by atoms with Crippen molar-refractivity contribution in [3.8, 4) is 0 Å². The summed E-state index contributed by atoms with van der Waals surface area (Å²) in [4.78, 5) is 52.7. The summed E-state index contributed by atoms with van der Waals surface area (Å²) in [5.41, 5.74) is 0.714. The van der Waals surface area contributed by atoms with Crippen molar-refractivity contribution < 1.29 is 23.9 Å². The van der Waals surface area contributed by atoms with Gasteiger partial charge in [0.15, 0.2) is 6.61 Å². The van der Waals surface area contributed by atoms with E-state index in [2.05, 4.69) is 10.3 Å². The Morgan fingerprint density at radius 1 is 1.32 bits per heavy atom. The minimum Gasteiger partial charge on any atom is -0.452 e. The van der Waals surface area contributed by atoms with Crippen molar-refractivity contribution >= 4 is 40.9 Å². The summed E-state index contributed by atoms with van der Waals surface area (Å²) in [6, 6.07) is 3.50. The molecule has 2 heterocycles. The quantitative estimate of drug-likeness (QED) is 0.403. The summed E-state index contributed by atoms with van der Waals surface area (Å²) in [6.07, 6.45) is 10.9.